The fourth-order valence-electron chi connectivity index (χ4n) is 1.75. The van der Waals surface area contributed by atoms with Crippen LogP contribution in [0, 0.1) is 0 Å². The number of benzene rings is 1. The molecule has 0 spiro atoms. The maximum Gasteiger partial charge on any atom is 0.328 e. The Bertz CT molecular complexity index is 546. The molecule has 94 valence electrons. The maximum atomic E-state index is 11.0. The third kappa shape index (κ3) is 2.25. The number of rotatable bonds is 4. The van der Waals surface area contributed by atoms with Gasteiger partial charge in [0, 0.05) is 5.56 Å². The van der Waals surface area contributed by atoms with Crippen molar-refractivity contribution in [2.75, 3.05) is 0 Å². The molecule has 5 heteroatoms. The fourth-order valence-corrected chi connectivity index (χ4v) is 1.75. The van der Waals surface area contributed by atoms with Crippen molar-refractivity contribution < 1.29 is 9.90 Å². The lowest BCUT2D eigenvalue weighted by Crippen LogP contribution is -2.17. The highest BCUT2D eigenvalue weighted by atomic mass is 16.4. The molecule has 0 saturated heterocycles. The van der Waals surface area contributed by atoms with Gasteiger partial charge in [-0.1, -0.05) is 36.4 Å². The first-order valence-electron chi connectivity index (χ1n) is 5.85. The van der Waals surface area contributed by atoms with Gasteiger partial charge < -0.3 is 5.11 Å². The van der Waals surface area contributed by atoms with Crippen molar-refractivity contribution in [3.8, 4) is 11.3 Å². The van der Waals surface area contributed by atoms with Gasteiger partial charge in [-0.05, 0) is 18.9 Å². The maximum absolute atomic E-state index is 11.0. The lowest BCUT2D eigenvalue weighted by Gasteiger charge is -2.10. The molecule has 0 amide bonds. The van der Waals surface area contributed by atoms with Crippen LogP contribution in [0.5, 0.6) is 0 Å². The number of carboxylic acids is 1. The van der Waals surface area contributed by atoms with Gasteiger partial charge >= 0.3 is 5.97 Å². The predicted octanol–water partition coefficient (Wildman–Crippen LogP) is 2.15. The molecule has 1 heterocycles. The predicted molar refractivity (Wildman–Crippen MR) is 67.2 cm³/mol. The van der Waals surface area contributed by atoms with Crippen LogP contribution < -0.4 is 0 Å². The number of carbonyl (C=O) groups is 1. The Morgan fingerprint density at radius 1 is 1.39 bits per heavy atom. The van der Waals surface area contributed by atoms with E-state index in [0.717, 1.165) is 12.0 Å². The Hall–Kier alpha value is -2.17. The van der Waals surface area contributed by atoms with Gasteiger partial charge in [0.25, 0.3) is 0 Å². The molecule has 2 rings (SSSR count). The van der Waals surface area contributed by atoms with E-state index in [1.165, 1.54) is 10.2 Å². The van der Waals surface area contributed by atoms with E-state index in [9.17, 15) is 4.79 Å². The lowest BCUT2D eigenvalue weighted by atomic mass is 10.1. The Morgan fingerprint density at radius 3 is 2.61 bits per heavy atom. The lowest BCUT2D eigenvalue weighted by molar-refractivity contribution is -0.140. The average Bonchev–Trinajstić information content (AvgIpc) is 2.87. The van der Waals surface area contributed by atoms with Gasteiger partial charge in [-0.15, -0.1) is 5.10 Å². The van der Waals surface area contributed by atoms with E-state index in [4.69, 9.17) is 5.11 Å². The van der Waals surface area contributed by atoms with Gasteiger partial charge in [-0.25, -0.2) is 9.48 Å². The summed E-state index contributed by atoms with van der Waals surface area (Å²) in [5.41, 5.74) is 2.88. The molecule has 0 radical (unpaired) electrons. The first-order valence-corrected chi connectivity index (χ1v) is 5.85. The zero-order valence-corrected chi connectivity index (χ0v) is 10.4. The minimum atomic E-state index is -0.924. The first kappa shape index (κ1) is 12.3. The van der Waals surface area contributed by atoms with E-state index < -0.39 is 12.0 Å². The van der Waals surface area contributed by atoms with Crippen molar-refractivity contribution in [2.24, 2.45) is 0 Å². The third-order valence-corrected chi connectivity index (χ3v) is 2.96. The summed E-state index contributed by atoms with van der Waals surface area (Å²) in [6.45, 7) is 3.67. The van der Waals surface area contributed by atoms with Crippen LogP contribution in [0.1, 0.15) is 25.5 Å². The molecule has 1 unspecified atom stereocenters. The highest BCUT2D eigenvalue weighted by molar-refractivity contribution is 5.72. The molecular weight excluding hydrogens is 230 g/mol. The smallest absolute Gasteiger partial charge is 0.328 e. The minimum absolute atomic E-state index is 0.715. The first-order chi connectivity index (χ1) is 8.63. The third-order valence-electron chi connectivity index (χ3n) is 2.96. The molecule has 0 aliphatic rings. The quantitative estimate of drug-likeness (QED) is 0.896. The zero-order chi connectivity index (χ0) is 13.1. The van der Waals surface area contributed by atoms with Crippen molar-refractivity contribution in [1.29, 1.82) is 0 Å². The second-order valence-corrected chi connectivity index (χ2v) is 4.13. The summed E-state index contributed by atoms with van der Waals surface area (Å²) in [5, 5.41) is 16.7. The van der Waals surface area contributed by atoms with Crippen molar-refractivity contribution in [3.05, 3.63) is 36.0 Å². The zero-order valence-electron chi connectivity index (χ0n) is 10.4. The highest BCUT2D eigenvalue weighted by Crippen LogP contribution is 2.21. The summed E-state index contributed by atoms with van der Waals surface area (Å²) in [5.74, 6) is -0.924. The van der Waals surface area contributed by atoms with E-state index in [0.29, 0.717) is 5.69 Å². The highest BCUT2D eigenvalue weighted by Gasteiger charge is 2.18. The molecule has 1 aromatic carbocycles. The van der Waals surface area contributed by atoms with Crippen LogP contribution in [0.4, 0.5) is 0 Å². The topological polar surface area (TPSA) is 68.0 Å². The summed E-state index contributed by atoms with van der Waals surface area (Å²) in [6.07, 6.45) is 2.56. The standard InChI is InChI=1S/C13H15N3O2/c1-3-10-4-6-11(7-5-10)12-8-14-15-16(12)9(2)13(17)18/h4-9H,3H2,1-2H3,(H,17,18). The second kappa shape index (κ2) is 5.00. The molecule has 2 aromatic rings. The summed E-state index contributed by atoms with van der Waals surface area (Å²) >= 11 is 0. The average molecular weight is 245 g/mol. The molecule has 0 bridgehead atoms. The number of nitrogens with zero attached hydrogens (tertiary/aromatic N) is 3. The van der Waals surface area contributed by atoms with Crippen molar-refractivity contribution >= 4 is 5.97 Å². The molecule has 0 fully saturated rings. The molecule has 1 atom stereocenters. The van der Waals surface area contributed by atoms with Gasteiger partial charge in [-0.3, -0.25) is 0 Å². The molecular formula is C13H15N3O2. The largest absolute Gasteiger partial charge is 0.480 e. The summed E-state index contributed by atoms with van der Waals surface area (Å²) in [7, 11) is 0. The van der Waals surface area contributed by atoms with Crippen molar-refractivity contribution in [1.82, 2.24) is 15.0 Å². The van der Waals surface area contributed by atoms with Crippen molar-refractivity contribution in [2.45, 2.75) is 26.3 Å². The van der Waals surface area contributed by atoms with Crippen LogP contribution in [0.15, 0.2) is 30.5 Å². The number of hydrogen-bond donors (Lipinski definition) is 1. The van der Waals surface area contributed by atoms with E-state index >= 15 is 0 Å². The van der Waals surface area contributed by atoms with Gasteiger partial charge in [0.15, 0.2) is 0 Å². The number of hydrogen-bond acceptors (Lipinski definition) is 3. The number of aromatic nitrogens is 3. The van der Waals surface area contributed by atoms with Crippen LogP contribution in [0.2, 0.25) is 0 Å². The Kier molecular flexibility index (Phi) is 3.41. The Balaban J connectivity index is 2.38. The van der Waals surface area contributed by atoms with Crippen LogP contribution in [-0.4, -0.2) is 26.1 Å². The summed E-state index contributed by atoms with van der Waals surface area (Å²) in [4.78, 5) is 11.0. The van der Waals surface area contributed by atoms with Crippen LogP contribution in [-0.2, 0) is 11.2 Å². The van der Waals surface area contributed by atoms with E-state index in [1.54, 1.807) is 13.1 Å². The minimum Gasteiger partial charge on any atom is -0.480 e. The molecule has 0 saturated carbocycles. The number of aryl methyl sites for hydroxylation is 1. The fraction of sp³-hybridized carbons (Fsp3) is 0.308. The van der Waals surface area contributed by atoms with Gasteiger partial charge in [0.1, 0.15) is 6.04 Å². The van der Waals surface area contributed by atoms with E-state index in [2.05, 4.69) is 17.2 Å². The van der Waals surface area contributed by atoms with Gasteiger partial charge in [-0.2, -0.15) is 0 Å². The van der Waals surface area contributed by atoms with E-state index in [1.807, 2.05) is 24.3 Å². The molecule has 0 aliphatic carbocycles. The monoisotopic (exact) mass is 245 g/mol. The van der Waals surface area contributed by atoms with Crippen molar-refractivity contribution in [3.63, 3.8) is 0 Å². The SMILES string of the molecule is CCc1ccc(-c2cnnn2C(C)C(=O)O)cc1. The van der Waals surface area contributed by atoms with Crippen LogP contribution in [0.3, 0.4) is 0 Å². The van der Waals surface area contributed by atoms with E-state index in [-0.39, 0.29) is 0 Å². The van der Waals surface area contributed by atoms with Gasteiger partial charge in [0.2, 0.25) is 0 Å². The summed E-state index contributed by atoms with van der Waals surface area (Å²) < 4.78 is 1.42. The van der Waals surface area contributed by atoms with Gasteiger partial charge in [0.05, 0.1) is 11.9 Å². The normalized spacial score (nSPS) is 12.3. The molecule has 1 aromatic heterocycles. The molecule has 1 N–H and O–H groups in total. The molecule has 18 heavy (non-hydrogen) atoms. The Labute approximate surface area is 105 Å². The van der Waals surface area contributed by atoms with Crippen LogP contribution in [0.25, 0.3) is 11.3 Å². The Morgan fingerprint density at radius 2 is 2.06 bits per heavy atom. The molecule has 0 aliphatic heterocycles. The molecule has 5 nitrogen and oxygen atoms in total. The second-order valence-electron chi connectivity index (χ2n) is 4.13. The summed E-state index contributed by atoms with van der Waals surface area (Å²) in [6, 6.07) is 7.25. The number of carboxylic acid groups (broad SMARTS) is 1. The number of aliphatic carboxylic acids is 1. The van der Waals surface area contributed by atoms with Crippen LogP contribution >= 0.6 is 0 Å².